The van der Waals surface area contributed by atoms with Crippen LogP contribution >= 0.6 is 0 Å². The summed E-state index contributed by atoms with van der Waals surface area (Å²) in [5.74, 6) is 2.71. The van der Waals surface area contributed by atoms with Crippen LogP contribution in [-0.2, 0) is 26.1 Å². The number of benzene rings is 1. The summed E-state index contributed by atoms with van der Waals surface area (Å²) in [7, 11) is 0. The molecule has 3 aromatic rings. The number of hydrogen-bond donors (Lipinski definition) is 1. The van der Waals surface area contributed by atoms with Crippen molar-refractivity contribution < 1.29 is 0 Å². The van der Waals surface area contributed by atoms with Gasteiger partial charge in [0.25, 0.3) is 5.56 Å². The molecule has 1 aromatic carbocycles. The molecule has 23 heavy (non-hydrogen) atoms. The molecule has 0 atom stereocenters. The number of aromatic amines is 1. The third-order valence-electron chi connectivity index (χ3n) is 4.26. The van der Waals surface area contributed by atoms with Gasteiger partial charge in [0.2, 0.25) is 0 Å². The zero-order valence-corrected chi connectivity index (χ0v) is 13.0. The molecule has 2 aromatic heterocycles. The molecule has 0 radical (unpaired) electrons. The number of aromatic nitrogens is 5. The monoisotopic (exact) mass is 310 g/mol. The minimum atomic E-state index is -0.0842. The van der Waals surface area contributed by atoms with Crippen molar-refractivity contribution in [3.8, 4) is 0 Å². The first-order chi connectivity index (χ1) is 11.2. The van der Waals surface area contributed by atoms with Crippen molar-refractivity contribution in [2.24, 2.45) is 0 Å². The van der Waals surface area contributed by atoms with Crippen molar-refractivity contribution >= 4 is 10.9 Å². The lowest BCUT2D eigenvalue weighted by Crippen LogP contribution is -2.35. The van der Waals surface area contributed by atoms with Crippen LogP contribution in [0.4, 0.5) is 0 Å². The van der Waals surface area contributed by atoms with Crippen LogP contribution in [0.5, 0.6) is 0 Å². The molecule has 1 N–H and O–H groups in total. The van der Waals surface area contributed by atoms with Gasteiger partial charge in [0.15, 0.2) is 0 Å². The molecule has 0 amide bonds. The minimum Gasteiger partial charge on any atom is -0.313 e. The van der Waals surface area contributed by atoms with E-state index in [1.54, 1.807) is 6.07 Å². The zero-order valence-electron chi connectivity index (χ0n) is 13.0. The summed E-state index contributed by atoms with van der Waals surface area (Å²) in [5, 5.41) is 9.12. The van der Waals surface area contributed by atoms with Gasteiger partial charge in [0.1, 0.15) is 17.5 Å². The number of fused-ring (bicyclic) bond motifs is 2. The topological polar surface area (TPSA) is 79.7 Å². The Kier molecular flexibility index (Phi) is 3.42. The maximum atomic E-state index is 12.1. The smallest absolute Gasteiger partial charge is 0.258 e. The van der Waals surface area contributed by atoms with Gasteiger partial charge in [-0.3, -0.25) is 9.69 Å². The summed E-state index contributed by atoms with van der Waals surface area (Å²) in [5.41, 5.74) is 0.652. The molecule has 0 bridgehead atoms. The largest absolute Gasteiger partial charge is 0.313 e. The van der Waals surface area contributed by atoms with Gasteiger partial charge in [0.05, 0.1) is 24.0 Å². The van der Waals surface area contributed by atoms with Crippen molar-refractivity contribution in [1.29, 1.82) is 0 Å². The number of nitrogens with zero attached hydrogens (tertiary/aromatic N) is 5. The lowest BCUT2D eigenvalue weighted by molar-refractivity contribution is 0.202. The van der Waals surface area contributed by atoms with Gasteiger partial charge in [-0.15, -0.1) is 10.2 Å². The normalized spacial score (nSPS) is 15.0. The Hall–Kier alpha value is -2.54. The van der Waals surface area contributed by atoms with E-state index in [-0.39, 0.29) is 5.56 Å². The summed E-state index contributed by atoms with van der Waals surface area (Å²) in [6, 6.07) is 7.41. The molecular weight excluding hydrogens is 292 g/mol. The van der Waals surface area contributed by atoms with Crippen LogP contribution in [-0.4, -0.2) is 36.2 Å². The van der Waals surface area contributed by atoms with Gasteiger partial charge in [-0.05, 0) is 12.1 Å². The third-order valence-corrected chi connectivity index (χ3v) is 4.26. The molecule has 0 spiro atoms. The number of aryl methyl sites for hydroxylation is 1. The number of nitrogens with one attached hydrogen (secondary N) is 1. The molecule has 0 saturated carbocycles. The molecule has 118 valence electrons. The summed E-state index contributed by atoms with van der Waals surface area (Å²) in [6.45, 7) is 5.20. The average Bonchev–Trinajstić information content (AvgIpc) is 2.97. The van der Waals surface area contributed by atoms with Crippen LogP contribution in [0.15, 0.2) is 29.1 Å². The van der Waals surface area contributed by atoms with Crippen molar-refractivity contribution in [2.75, 3.05) is 6.54 Å². The molecule has 3 heterocycles. The number of hydrogen-bond acceptors (Lipinski definition) is 5. The fourth-order valence-corrected chi connectivity index (χ4v) is 3.09. The van der Waals surface area contributed by atoms with E-state index in [0.717, 1.165) is 43.2 Å². The molecule has 0 aliphatic carbocycles. The van der Waals surface area contributed by atoms with Crippen LogP contribution in [0.1, 0.15) is 24.4 Å². The quantitative estimate of drug-likeness (QED) is 0.783. The van der Waals surface area contributed by atoms with E-state index in [1.165, 1.54) is 0 Å². The van der Waals surface area contributed by atoms with Crippen molar-refractivity contribution in [3.05, 3.63) is 52.1 Å². The van der Waals surface area contributed by atoms with E-state index in [9.17, 15) is 4.79 Å². The summed E-state index contributed by atoms with van der Waals surface area (Å²) < 4.78 is 2.19. The Morgan fingerprint density at radius 2 is 2.09 bits per heavy atom. The highest BCUT2D eigenvalue weighted by Gasteiger charge is 2.21. The lowest BCUT2D eigenvalue weighted by atomic mass is 10.2. The van der Waals surface area contributed by atoms with Crippen molar-refractivity contribution in [2.45, 2.75) is 33.0 Å². The molecule has 0 saturated heterocycles. The second-order valence-electron chi connectivity index (χ2n) is 5.78. The predicted octanol–water partition coefficient (Wildman–Crippen LogP) is 1.09. The van der Waals surface area contributed by atoms with E-state index >= 15 is 0 Å². The second kappa shape index (κ2) is 5.58. The van der Waals surface area contributed by atoms with Crippen LogP contribution in [0, 0.1) is 0 Å². The standard InChI is InChI=1S/C16H18N6O/c1-2-14-19-20-15-10-21(7-8-22(14)15)9-13-17-12-6-4-3-5-11(12)16(23)18-13/h3-6H,2,7-10H2,1H3,(H,17,18,23). The molecular formula is C16H18N6O. The SMILES string of the molecule is CCc1nnc2n1CCN(Cc1nc3ccccc3c(=O)[nH]1)C2. The fraction of sp³-hybridized carbons (Fsp3) is 0.375. The van der Waals surface area contributed by atoms with Crippen LogP contribution < -0.4 is 5.56 Å². The maximum Gasteiger partial charge on any atom is 0.258 e. The molecule has 1 aliphatic heterocycles. The highest BCUT2D eigenvalue weighted by molar-refractivity contribution is 5.77. The molecule has 7 nitrogen and oxygen atoms in total. The average molecular weight is 310 g/mol. The molecule has 0 fully saturated rings. The van der Waals surface area contributed by atoms with E-state index in [4.69, 9.17) is 0 Å². The Labute approximate surface area is 133 Å². The van der Waals surface area contributed by atoms with Crippen LogP contribution in [0.3, 0.4) is 0 Å². The summed E-state index contributed by atoms with van der Waals surface area (Å²) >= 11 is 0. The number of para-hydroxylation sites is 1. The Morgan fingerprint density at radius 1 is 1.22 bits per heavy atom. The molecule has 4 rings (SSSR count). The van der Waals surface area contributed by atoms with Crippen LogP contribution in [0.2, 0.25) is 0 Å². The van der Waals surface area contributed by atoms with Gasteiger partial charge in [-0.1, -0.05) is 19.1 Å². The Balaban J connectivity index is 1.58. The first-order valence-corrected chi connectivity index (χ1v) is 7.86. The first-order valence-electron chi connectivity index (χ1n) is 7.86. The van der Waals surface area contributed by atoms with E-state index in [2.05, 4.69) is 36.6 Å². The number of rotatable bonds is 3. The van der Waals surface area contributed by atoms with Gasteiger partial charge >= 0.3 is 0 Å². The molecule has 7 heteroatoms. The Morgan fingerprint density at radius 3 is 2.96 bits per heavy atom. The van der Waals surface area contributed by atoms with E-state index < -0.39 is 0 Å². The maximum absolute atomic E-state index is 12.1. The number of H-pyrrole nitrogens is 1. The highest BCUT2D eigenvalue weighted by Crippen LogP contribution is 2.15. The molecule has 0 unspecified atom stereocenters. The fourth-order valence-electron chi connectivity index (χ4n) is 3.09. The summed E-state index contributed by atoms with van der Waals surface area (Å²) in [4.78, 5) is 21.8. The van der Waals surface area contributed by atoms with Crippen molar-refractivity contribution in [1.82, 2.24) is 29.6 Å². The van der Waals surface area contributed by atoms with Gasteiger partial charge in [-0.2, -0.15) is 0 Å². The lowest BCUT2D eigenvalue weighted by Gasteiger charge is -2.27. The summed E-state index contributed by atoms with van der Waals surface area (Å²) in [6.07, 6.45) is 0.895. The van der Waals surface area contributed by atoms with Gasteiger partial charge < -0.3 is 9.55 Å². The van der Waals surface area contributed by atoms with E-state index in [0.29, 0.717) is 17.8 Å². The van der Waals surface area contributed by atoms with Gasteiger partial charge in [0, 0.05) is 19.5 Å². The van der Waals surface area contributed by atoms with E-state index in [1.807, 2.05) is 18.2 Å². The third kappa shape index (κ3) is 2.53. The van der Waals surface area contributed by atoms with Gasteiger partial charge in [-0.25, -0.2) is 4.98 Å². The second-order valence-corrected chi connectivity index (χ2v) is 5.78. The Bertz CT molecular complexity index is 912. The highest BCUT2D eigenvalue weighted by atomic mass is 16.1. The zero-order chi connectivity index (χ0) is 15.8. The molecule has 1 aliphatic rings. The van der Waals surface area contributed by atoms with Crippen molar-refractivity contribution in [3.63, 3.8) is 0 Å². The predicted molar refractivity (Wildman–Crippen MR) is 85.9 cm³/mol. The van der Waals surface area contributed by atoms with Crippen LogP contribution in [0.25, 0.3) is 10.9 Å². The first kappa shape index (κ1) is 14.1. The minimum absolute atomic E-state index is 0.0842.